The predicted molar refractivity (Wildman–Crippen MR) is 84.7 cm³/mol. The molecule has 0 aliphatic carbocycles. The fourth-order valence-electron chi connectivity index (χ4n) is 2.04. The first-order valence-corrected chi connectivity index (χ1v) is 7.06. The van der Waals surface area contributed by atoms with Crippen molar-refractivity contribution in [2.24, 2.45) is 0 Å². The smallest absolute Gasteiger partial charge is 0.416 e. The number of terminal acetylenes is 1. The van der Waals surface area contributed by atoms with Gasteiger partial charge >= 0.3 is 6.18 Å². The van der Waals surface area contributed by atoms with Crippen molar-refractivity contribution in [2.45, 2.75) is 6.18 Å². The Morgan fingerprint density at radius 3 is 2.24 bits per heavy atom. The number of aromatic nitrogens is 3. The Bertz CT molecular complexity index is 914. The van der Waals surface area contributed by atoms with E-state index in [0.29, 0.717) is 17.0 Å². The highest BCUT2D eigenvalue weighted by Gasteiger charge is 2.30. The first-order chi connectivity index (χ1) is 12.0. The van der Waals surface area contributed by atoms with Crippen LogP contribution in [0.15, 0.2) is 55.0 Å². The number of alkyl halides is 3. The second kappa shape index (κ2) is 6.61. The Morgan fingerprint density at radius 1 is 0.920 bits per heavy atom. The topological polar surface area (TPSA) is 47.9 Å². The van der Waals surface area contributed by atoms with Crippen molar-refractivity contribution in [3.8, 4) is 35.2 Å². The maximum atomic E-state index is 12.6. The van der Waals surface area contributed by atoms with E-state index < -0.39 is 11.7 Å². The first kappa shape index (κ1) is 16.5. The molecule has 124 valence electrons. The second-order valence-corrected chi connectivity index (χ2v) is 4.91. The summed E-state index contributed by atoms with van der Waals surface area (Å²) < 4.78 is 43.4. The number of rotatable bonds is 3. The van der Waals surface area contributed by atoms with E-state index in [1.54, 1.807) is 12.1 Å². The second-order valence-electron chi connectivity index (χ2n) is 4.91. The lowest BCUT2D eigenvalue weighted by atomic mass is 10.2. The molecule has 7 heteroatoms. The van der Waals surface area contributed by atoms with Crippen molar-refractivity contribution < 1.29 is 17.9 Å². The van der Waals surface area contributed by atoms with Gasteiger partial charge < -0.3 is 4.74 Å². The van der Waals surface area contributed by atoms with E-state index >= 15 is 0 Å². The predicted octanol–water partition coefficient (Wildman–Crippen LogP) is 4.33. The summed E-state index contributed by atoms with van der Waals surface area (Å²) in [5, 5.41) is 0. The van der Waals surface area contributed by atoms with Crippen molar-refractivity contribution in [3.05, 3.63) is 66.2 Å². The van der Waals surface area contributed by atoms with E-state index in [2.05, 4.69) is 20.9 Å². The van der Waals surface area contributed by atoms with Crippen LogP contribution >= 0.6 is 0 Å². The fraction of sp³-hybridized carbons (Fsp3) is 0.0556. The molecule has 1 aromatic carbocycles. The molecule has 0 N–H and O–H groups in total. The number of ether oxygens (including phenoxy) is 1. The van der Waals surface area contributed by atoms with Crippen LogP contribution in [0.5, 0.6) is 11.6 Å². The summed E-state index contributed by atoms with van der Waals surface area (Å²) in [6.45, 7) is 0. The number of pyridine rings is 1. The highest BCUT2D eigenvalue weighted by Crippen LogP contribution is 2.33. The van der Waals surface area contributed by atoms with Crippen molar-refractivity contribution in [2.75, 3.05) is 0 Å². The quantitative estimate of drug-likeness (QED) is 0.665. The molecule has 0 bridgehead atoms. The van der Waals surface area contributed by atoms with Crippen molar-refractivity contribution in [3.63, 3.8) is 0 Å². The van der Waals surface area contributed by atoms with Gasteiger partial charge in [0, 0.05) is 24.2 Å². The van der Waals surface area contributed by atoms with Gasteiger partial charge in [-0.05, 0) is 36.4 Å². The molecule has 0 atom stereocenters. The zero-order chi connectivity index (χ0) is 17.9. The van der Waals surface area contributed by atoms with E-state index in [-0.39, 0.29) is 11.6 Å². The lowest BCUT2D eigenvalue weighted by Crippen LogP contribution is -2.04. The maximum Gasteiger partial charge on any atom is 0.416 e. The van der Waals surface area contributed by atoms with Gasteiger partial charge in [-0.2, -0.15) is 13.2 Å². The number of halogens is 3. The van der Waals surface area contributed by atoms with Gasteiger partial charge in [0.05, 0.1) is 5.56 Å². The average molecular weight is 341 g/mol. The molecule has 0 aliphatic heterocycles. The Labute approximate surface area is 141 Å². The lowest BCUT2D eigenvalue weighted by Gasteiger charge is -2.10. The minimum atomic E-state index is -4.40. The minimum absolute atomic E-state index is 0.150. The molecule has 0 amide bonds. The van der Waals surface area contributed by atoms with Crippen LogP contribution in [0.4, 0.5) is 13.2 Å². The summed E-state index contributed by atoms with van der Waals surface area (Å²) in [6, 6.07) is 7.68. The van der Waals surface area contributed by atoms with Gasteiger partial charge in [0.2, 0.25) is 5.88 Å². The molecule has 0 saturated heterocycles. The zero-order valence-electron chi connectivity index (χ0n) is 12.7. The Morgan fingerprint density at radius 2 is 1.64 bits per heavy atom. The van der Waals surface area contributed by atoms with Crippen molar-refractivity contribution in [1.82, 2.24) is 15.0 Å². The van der Waals surface area contributed by atoms with Crippen LogP contribution in [-0.4, -0.2) is 15.0 Å². The van der Waals surface area contributed by atoms with Gasteiger partial charge in [0.15, 0.2) is 0 Å². The summed E-state index contributed by atoms with van der Waals surface area (Å²) in [6.07, 6.45) is 5.29. The fourth-order valence-corrected chi connectivity index (χ4v) is 2.04. The van der Waals surface area contributed by atoms with Crippen LogP contribution in [-0.2, 0) is 6.18 Å². The third-order valence-corrected chi connectivity index (χ3v) is 3.25. The minimum Gasteiger partial charge on any atom is -0.437 e. The number of hydrogen-bond acceptors (Lipinski definition) is 4. The molecule has 0 unspecified atom stereocenters. The SMILES string of the molecule is C#Cc1ccc(-c2nccnc2Oc2ccc(C(F)(F)F)cc2)cn1. The highest BCUT2D eigenvalue weighted by atomic mass is 19.4. The molecule has 3 rings (SSSR count). The molecule has 2 aromatic heterocycles. The van der Waals surface area contributed by atoms with Gasteiger partial charge in [0.25, 0.3) is 0 Å². The lowest BCUT2D eigenvalue weighted by molar-refractivity contribution is -0.137. The van der Waals surface area contributed by atoms with Crippen LogP contribution in [0.1, 0.15) is 11.3 Å². The standard InChI is InChI=1S/C18H10F3N3O/c1-2-14-6-3-12(11-24-14)16-17(23-10-9-22-16)25-15-7-4-13(5-8-15)18(19,20)21/h1,3-11H. The normalized spacial score (nSPS) is 11.0. The highest BCUT2D eigenvalue weighted by molar-refractivity contribution is 5.64. The first-order valence-electron chi connectivity index (χ1n) is 7.06. The average Bonchev–Trinajstić information content (AvgIpc) is 2.62. The molecule has 3 aromatic rings. The third kappa shape index (κ3) is 3.75. The van der Waals surface area contributed by atoms with Gasteiger partial charge in [-0.3, -0.25) is 0 Å². The van der Waals surface area contributed by atoms with Crippen LogP contribution in [0.2, 0.25) is 0 Å². The molecule has 0 aliphatic rings. The van der Waals surface area contributed by atoms with Gasteiger partial charge in [-0.15, -0.1) is 6.42 Å². The number of benzene rings is 1. The molecule has 4 nitrogen and oxygen atoms in total. The van der Waals surface area contributed by atoms with Gasteiger partial charge in [0.1, 0.15) is 17.1 Å². The van der Waals surface area contributed by atoms with Gasteiger partial charge in [-0.1, -0.05) is 5.92 Å². The maximum absolute atomic E-state index is 12.6. The van der Waals surface area contributed by atoms with E-state index in [0.717, 1.165) is 12.1 Å². The van der Waals surface area contributed by atoms with Crippen LogP contribution in [0.3, 0.4) is 0 Å². The van der Waals surface area contributed by atoms with E-state index in [4.69, 9.17) is 11.2 Å². The van der Waals surface area contributed by atoms with Crippen LogP contribution < -0.4 is 4.74 Å². The molecule has 0 spiro atoms. The van der Waals surface area contributed by atoms with E-state index in [9.17, 15) is 13.2 Å². The monoisotopic (exact) mass is 341 g/mol. The Kier molecular flexibility index (Phi) is 4.35. The molecule has 2 heterocycles. The van der Waals surface area contributed by atoms with Crippen LogP contribution in [0, 0.1) is 12.3 Å². The summed E-state index contributed by atoms with van der Waals surface area (Å²) in [5.74, 6) is 2.77. The van der Waals surface area contributed by atoms with Gasteiger partial charge in [-0.25, -0.2) is 15.0 Å². The molecule has 0 radical (unpaired) electrons. The molecular weight excluding hydrogens is 331 g/mol. The Hall–Kier alpha value is -3.40. The molecule has 0 saturated carbocycles. The summed E-state index contributed by atoms with van der Waals surface area (Å²) >= 11 is 0. The van der Waals surface area contributed by atoms with Crippen molar-refractivity contribution in [1.29, 1.82) is 0 Å². The number of hydrogen-bond donors (Lipinski definition) is 0. The van der Waals surface area contributed by atoms with Crippen LogP contribution in [0.25, 0.3) is 11.3 Å². The largest absolute Gasteiger partial charge is 0.437 e. The zero-order valence-corrected chi connectivity index (χ0v) is 12.7. The molecule has 25 heavy (non-hydrogen) atoms. The molecule has 0 fully saturated rings. The summed E-state index contributed by atoms with van der Waals surface area (Å²) in [4.78, 5) is 12.4. The number of nitrogens with zero attached hydrogens (tertiary/aromatic N) is 3. The third-order valence-electron chi connectivity index (χ3n) is 3.25. The van der Waals surface area contributed by atoms with Crippen molar-refractivity contribution >= 4 is 0 Å². The summed E-state index contributed by atoms with van der Waals surface area (Å²) in [7, 11) is 0. The summed E-state index contributed by atoms with van der Waals surface area (Å²) in [5.41, 5.74) is 0.735. The molecular formula is C18H10F3N3O. The van der Waals surface area contributed by atoms with E-state index in [1.807, 2.05) is 0 Å². The van der Waals surface area contributed by atoms with E-state index in [1.165, 1.54) is 30.7 Å². The Balaban J connectivity index is 1.89.